The van der Waals surface area contributed by atoms with Gasteiger partial charge >= 0.3 is 7.60 Å². The smallest absolute Gasteiger partial charge is 0.416 e. The van der Waals surface area contributed by atoms with Gasteiger partial charge in [-0.3, -0.25) is 20.2 Å². The fourth-order valence-electron chi connectivity index (χ4n) is 2.86. The van der Waals surface area contributed by atoms with Crippen LogP contribution in [0.5, 0.6) is 11.5 Å². The van der Waals surface area contributed by atoms with Crippen LogP contribution in [0.4, 0.5) is 11.4 Å². The van der Waals surface area contributed by atoms with Gasteiger partial charge in [0.2, 0.25) is 0 Å². The molecule has 0 radical (unpaired) electrons. The summed E-state index contributed by atoms with van der Waals surface area (Å²) < 4.78 is 24.7. The van der Waals surface area contributed by atoms with Gasteiger partial charge in [-0.25, -0.2) is 4.57 Å². The second kappa shape index (κ2) is 9.86. The van der Waals surface area contributed by atoms with Crippen LogP contribution in [0.25, 0.3) is 0 Å². The quantitative estimate of drug-likeness (QED) is 0.221. The summed E-state index contributed by atoms with van der Waals surface area (Å²) in [5.74, 6) is 0.0327. The zero-order valence-corrected chi connectivity index (χ0v) is 17.2. The van der Waals surface area contributed by atoms with Crippen molar-refractivity contribution in [3.63, 3.8) is 0 Å². The molecular weight excluding hydrogens is 423 g/mol. The van der Waals surface area contributed by atoms with E-state index in [2.05, 4.69) is 0 Å². The van der Waals surface area contributed by atoms with Crippen LogP contribution in [0.3, 0.4) is 0 Å². The Hall–Kier alpha value is -3.71. The summed E-state index contributed by atoms with van der Waals surface area (Å²) in [7, 11) is -3.85. The van der Waals surface area contributed by atoms with E-state index in [1.54, 1.807) is 0 Å². The molecule has 0 N–H and O–H groups in total. The Morgan fingerprint density at radius 1 is 0.742 bits per heavy atom. The van der Waals surface area contributed by atoms with E-state index in [0.717, 1.165) is 17.7 Å². The van der Waals surface area contributed by atoms with Crippen molar-refractivity contribution >= 4 is 19.0 Å². The normalized spacial score (nSPS) is 11.0. The molecule has 0 aliphatic carbocycles. The Kier molecular flexibility index (Phi) is 6.99. The predicted molar refractivity (Wildman–Crippen MR) is 115 cm³/mol. The molecule has 0 heterocycles. The van der Waals surface area contributed by atoms with Gasteiger partial charge in [0.25, 0.3) is 11.4 Å². The van der Waals surface area contributed by atoms with E-state index < -0.39 is 17.4 Å². The topological polar surface area (TPSA) is 122 Å². The number of hydrogen-bond donors (Lipinski definition) is 0. The molecule has 160 valence electrons. The molecule has 9 nitrogen and oxygen atoms in total. The first-order valence-electron chi connectivity index (χ1n) is 9.36. The largest absolute Gasteiger partial charge is 0.430 e. The highest BCUT2D eigenvalue weighted by atomic mass is 31.2. The standard InChI is InChI=1S/C21H19N2O7P/c24-22(25)18-10-4-12-20(15-18)29-31(28,14-6-9-17-7-2-1-3-8-17)30-21-13-5-11-19(16-21)23(26)27/h1-5,7-8,10-13,15-16H,6,9,14H2. The molecule has 0 saturated heterocycles. The average molecular weight is 442 g/mol. The summed E-state index contributed by atoms with van der Waals surface area (Å²) in [5, 5.41) is 22.1. The number of aryl methyl sites for hydroxylation is 1. The molecule has 0 bridgehead atoms. The van der Waals surface area contributed by atoms with Crippen LogP contribution < -0.4 is 9.05 Å². The van der Waals surface area contributed by atoms with E-state index in [9.17, 15) is 24.8 Å². The van der Waals surface area contributed by atoms with Gasteiger partial charge in [-0.1, -0.05) is 42.5 Å². The van der Waals surface area contributed by atoms with Crippen molar-refractivity contribution in [2.75, 3.05) is 6.16 Å². The highest BCUT2D eigenvalue weighted by Gasteiger charge is 2.29. The van der Waals surface area contributed by atoms with Gasteiger partial charge in [-0.05, 0) is 30.5 Å². The van der Waals surface area contributed by atoms with Crippen molar-refractivity contribution in [2.45, 2.75) is 12.8 Å². The molecule has 0 unspecified atom stereocenters. The van der Waals surface area contributed by atoms with Crippen LogP contribution in [-0.4, -0.2) is 16.0 Å². The van der Waals surface area contributed by atoms with Crippen molar-refractivity contribution in [1.29, 1.82) is 0 Å². The van der Waals surface area contributed by atoms with E-state index in [-0.39, 0.29) is 29.0 Å². The third-order valence-electron chi connectivity index (χ3n) is 4.29. The second-order valence-corrected chi connectivity index (χ2v) is 8.65. The van der Waals surface area contributed by atoms with Gasteiger partial charge in [0, 0.05) is 12.1 Å². The molecule has 0 amide bonds. The van der Waals surface area contributed by atoms with Gasteiger partial charge in [0.05, 0.1) is 28.1 Å². The predicted octanol–water partition coefficient (Wildman–Crippen LogP) is 5.79. The number of benzene rings is 3. The minimum absolute atomic E-state index is 0.00722. The lowest BCUT2D eigenvalue weighted by atomic mass is 10.1. The maximum Gasteiger partial charge on any atom is 0.430 e. The van der Waals surface area contributed by atoms with Crippen molar-refractivity contribution in [3.8, 4) is 11.5 Å². The number of non-ortho nitro benzene ring substituents is 2. The number of rotatable bonds is 10. The first kappa shape index (κ1) is 22.0. The third-order valence-corrected chi connectivity index (χ3v) is 6.13. The molecule has 31 heavy (non-hydrogen) atoms. The van der Waals surface area contributed by atoms with Crippen LogP contribution in [0.2, 0.25) is 0 Å². The van der Waals surface area contributed by atoms with Crippen molar-refractivity contribution in [1.82, 2.24) is 0 Å². The molecule has 10 heteroatoms. The molecule has 0 aliphatic rings. The molecule has 0 fully saturated rings. The van der Waals surface area contributed by atoms with Gasteiger partial charge in [0.15, 0.2) is 0 Å². The minimum Gasteiger partial charge on any atom is -0.416 e. The van der Waals surface area contributed by atoms with E-state index in [4.69, 9.17) is 9.05 Å². The van der Waals surface area contributed by atoms with Gasteiger partial charge < -0.3 is 9.05 Å². The van der Waals surface area contributed by atoms with E-state index >= 15 is 0 Å². The number of nitro groups is 2. The Morgan fingerprint density at radius 2 is 1.26 bits per heavy atom. The first-order valence-corrected chi connectivity index (χ1v) is 11.1. The third kappa shape index (κ3) is 6.38. The maximum absolute atomic E-state index is 13.5. The second-order valence-electron chi connectivity index (χ2n) is 6.62. The van der Waals surface area contributed by atoms with Gasteiger partial charge in [-0.15, -0.1) is 0 Å². The minimum atomic E-state index is -3.85. The van der Waals surface area contributed by atoms with Crippen LogP contribution in [-0.2, 0) is 11.0 Å². The monoisotopic (exact) mass is 442 g/mol. The van der Waals surface area contributed by atoms with E-state index in [0.29, 0.717) is 12.8 Å². The lowest BCUT2D eigenvalue weighted by Crippen LogP contribution is -2.07. The Bertz CT molecular complexity index is 1060. The van der Waals surface area contributed by atoms with Crippen molar-refractivity contribution < 1.29 is 23.5 Å². The summed E-state index contributed by atoms with van der Waals surface area (Å²) in [4.78, 5) is 20.9. The van der Waals surface area contributed by atoms with Crippen molar-refractivity contribution in [2.24, 2.45) is 0 Å². The van der Waals surface area contributed by atoms with Crippen LogP contribution in [0.15, 0.2) is 78.9 Å². The zero-order valence-electron chi connectivity index (χ0n) is 16.3. The van der Waals surface area contributed by atoms with Crippen LogP contribution in [0, 0.1) is 20.2 Å². The Labute approximate surface area is 178 Å². The maximum atomic E-state index is 13.5. The zero-order chi connectivity index (χ0) is 22.3. The first-order chi connectivity index (χ1) is 14.8. The molecule has 3 rings (SSSR count). The van der Waals surface area contributed by atoms with Crippen molar-refractivity contribution in [3.05, 3.63) is 105 Å². The fraction of sp³-hybridized carbons (Fsp3) is 0.143. The average Bonchev–Trinajstić information content (AvgIpc) is 2.74. The van der Waals surface area contributed by atoms with E-state index in [1.807, 2.05) is 30.3 Å². The summed E-state index contributed by atoms with van der Waals surface area (Å²) in [6.45, 7) is 0. The molecule has 3 aromatic rings. The number of hydrogen-bond acceptors (Lipinski definition) is 7. The Balaban J connectivity index is 1.82. The molecule has 0 aliphatic heterocycles. The SMILES string of the molecule is O=[N+]([O-])c1cccc(OP(=O)(CCCc2ccccc2)Oc2cccc([N+](=O)[O-])c2)c1. The molecule has 3 aromatic carbocycles. The molecule has 0 atom stereocenters. The van der Waals surface area contributed by atoms with Crippen LogP contribution >= 0.6 is 7.60 Å². The summed E-state index contributed by atoms with van der Waals surface area (Å²) in [6.07, 6.45) is 1.07. The van der Waals surface area contributed by atoms with Gasteiger partial charge in [-0.2, -0.15) is 0 Å². The number of nitro benzene ring substituents is 2. The van der Waals surface area contributed by atoms with Crippen LogP contribution in [0.1, 0.15) is 12.0 Å². The molecule has 0 spiro atoms. The summed E-state index contributed by atoms with van der Waals surface area (Å²) in [5.41, 5.74) is 0.604. The highest BCUT2D eigenvalue weighted by molar-refractivity contribution is 7.54. The fourth-order valence-corrected chi connectivity index (χ4v) is 4.50. The molecule has 0 aromatic heterocycles. The lowest BCUT2D eigenvalue weighted by molar-refractivity contribution is -0.385. The molecule has 0 saturated carbocycles. The Morgan fingerprint density at radius 3 is 1.74 bits per heavy atom. The highest BCUT2D eigenvalue weighted by Crippen LogP contribution is 2.50. The van der Waals surface area contributed by atoms with E-state index in [1.165, 1.54) is 36.4 Å². The number of nitrogens with zero attached hydrogens (tertiary/aromatic N) is 2. The molecular formula is C21H19N2O7P. The summed E-state index contributed by atoms with van der Waals surface area (Å²) in [6, 6.07) is 20.1. The van der Waals surface area contributed by atoms with Gasteiger partial charge in [0.1, 0.15) is 11.5 Å². The summed E-state index contributed by atoms with van der Waals surface area (Å²) >= 11 is 0. The lowest BCUT2D eigenvalue weighted by Gasteiger charge is -2.20.